The smallest absolute Gasteiger partial charge is 0.153 e. The predicted molar refractivity (Wildman–Crippen MR) is 87.7 cm³/mol. The molecule has 3 aromatic rings. The van der Waals surface area contributed by atoms with Crippen LogP contribution < -0.4 is 0 Å². The van der Waals surface area contributed by atoms with E-state index in [9.17, 15) is 13.9 Å². The zero-order chi connectivity index (χ0) is 18.7. The molecular formula is C18H15F2N5O. The molecule has 2 atom stereocenters. The second-order valence-corrected chi connectivity index (χ2v) is 5.95. The molecule has 0 saturated carbocycles. The van der Waals surface area contributed by atoms with Crippen LogP contribution >= 0.6 is 0 Å². The van der Waals surface area contributed by atoms with Crippen LogP contribution in [0.1, 0.15) is 35.5 Å². The number of aromatic amines is 1. The maximum atomic E-state index is 14.5. The zero-order valence-corrected chi connectivity index (χ0v) is 13.8. The van der Waals surface area contributed by atoms with Gasteiger partial charge in [0.2, 0.25) is 0 Å². The van der Waals surface area contributed by atoms with Crippen LogP contribution in [0.5, 0.6) is 0 Å². The Hall–Kier alpha value is -3.18. The van der Waals surface area contributed by atoms with Gasteiger partial charge in [0.05, 0.1) is 0 Å². The first kappa shape index (κ1) is 17.6. The van der Waals surface area contributed by atoms with Crippen molar-refractivity contribution in [1.29, 1.82) is 5.26 Å². The molecule has 2 N–H and O–H groups in total. The van der Waals surface area contributed by atoms with Crippen LogP contribution in [-0.4, -0.2) is 25.3 Å². The first-order valence-electron chi connectivity index (χ1n) is 7.82. The Morgan fingerprint density at radius 1 is 1.27 bits per heavy atom. The SMILES string of the molecule is CC(c1ccc(C#N)nc1)C(O)(Cc1nc[nH]n1)c1ccc(F)cc1F. The van der Waals surface area contributed by atoms with E-state index in [0.717, 1.165) is 12.1 Å². The van der Waals surface area contributed by atoms with Gasteiger partial charge < -0.3 is 5.11 Å². The van der Waals surface area contributed by atoms with E-state index in [4.69, 9.17) is 5.26 Å². The highest BCUT2D eigenvalue weighted by Gasteiger charge is 2.40. The van der Waals surface area contributed by atoms with Crippen molar-refractivity contribution in [3.63, 3.8) is 0 Å². The number of aromatic nitrogens is 4. The van der Waals surface area contributed by atoms with Gasteiger partial charge in [-0.2, -0.15) is 10.4 Å². The third kappa shape index (κ3) is 3.30. The summed E-state index contributed by atoms with van der Waals surface area (Å²) in [5.41, 5.74) is -1.01. The summed E-state index contributed by atoms with van der Waals surface area (Å²) < 4.78 is 27.8. The van der Waals surface area contributed by atoms with Gasteiger partial charge in [0, 0.05) is 30.2 Å². The molecular weight excluding hydrogens is 340 g/mol. The van der Waals surface area contributed by atoms with E-state index < -0.39 is 23.2 Å². The van der Waals surface area contributed by atoms with E-state index in [1.165, 1.54) is 24.7 Å². The molecule has 2 aromatic heterocycles. The molecule has 0 saturated heterocycles. The maximum absolute atomic E-state index is 14.5. The molecule has 1 aromatic carbocycles. The van der Waals surface area contributed by atoms with Crippen LogP contribution in [0.4, 0.5) is 8.78 Å². The van der Waals surface area contributed by atoms with Crippen LogP contribution in [0, 0.1) is 23.0 Å². The molecule has 0 amide bonds. The minimum absolute atomic E-state index is 0.0689. The van der Waals surface area contributed by atoms with Crippen molar-refractivity contribution in [2.75, 3.05) is 0 Å². The number of nitriles is 1. The van der Waals surface area contributed by atoms with Crippen LogP contribution in [-0.2, 0) is 12.0 Å². The average molecular weight is 355 g/mol. The van der Waals surface area contributed by atoms with E-state index in [2.05, 4.69) is 20.2 Å². The highest BCUT2D eigenvalue weighted by atomic mass is 19.1. The Balaban J connectivity index is 2.08. The third-order valence-corrected chi connectivity index (χ3v) is 4.41. The number of H-pyrrole nitrogens is 1. The Labute approximate surface area is 148 Å². The highest BCUT2D eigenvalue weighted by molar-refractivity contribution is 5.33. The Morgan fingerprint density at radius 2 is 2.08 bits per heavy atom. The Morgan fingerprint density at radius 3 is 2.65 bits per heavy atom. The molecule has 2 heterocycles. The van der Waals surface area contributed by atoms with Gasteiger partial charge in [-0.25, -0.2) is 18.7 Å². The summed E-state index contributed by atoms with van der Waals surface area (Å²) in [5, 5.41) is 26.8. The predicted octanol–water partition coefficient (Wildman–Crippen LogP) is 2.58. The molecule has 3 rings (SSSR count). The maximum Gasteiger partial charge on any atom is 0.153 e. The number of benzene rings is 1. The van der Waals surface area contributed by atoms with Crippen molar-refractivity contribution in [2.45, 2.75) is 24.9 Å². The lowest BCUT2D eigenvalue weighted by Gasteiger charge is -2.34. The molecule has 8 heteroatoms. The number of hydrogen-bond donors (Lipinski definition) is 2. The van der Waals surface area contributed by atoms with Crippen molar-refractivity contribution in [2.24, 2.45) is 0 Å². The van der Waals surface area contributed by atoms with E-state index in [-0.39, 0.29) is 23.5 Å². The standard InChI is InChI=1S/C18H15F2N5O/c1-11(12-2-4-14(8-21)22-9-12)18(26,7-17-23-10-24-25-17)15-5-3-13(19)6-16(15)20/h2-6,9-11,26H,7H2,1H3,(H,23,24,25). The van der Waals surface area contributed by atoms with E-state index in [0.29, 0.717) is 5.56 Å². The second-order valence-electron chi connectivity index (χ2n) is 5.95. The molecule has 0 aliphatic heterocycles. The first-order chi connectivity index (χ1) is 12.4. The Kier molecular flexibility index (Phi) is 4.73. The van der Waals surface area contributed by atoms with Crippen molar-refractivity contribution in [1.82, 2.24) is 20.2 Å². The number of aliphatic hydroxyl groups is 1. The molecule has 132 valence electrons. The number of nitrogens with one attached hydrogen (secondary N) is 1. The average Bonchev–Trinajstić information content (AvgIpc) is 3.13. The molecule has 6 nitrogen and oxygen atoms in total. The quantitative estimate of drug-likeness (QED) is 0.733. The molecule has 26 heavy (non-hydrogen) atoms. The largest absolute Gasteiger partial charge is 0.384 e. The second kappa shape index (κ2) is 6.98. The van der Waals surface area contributed by atoms with Crippen LogP contribution in [0.3, 0.4) is 0 Å². The summed E-state index contributed by atoms with van der Waals surface area (Å²) in [6.07, 6.45) is 2.71. The molecule has 0 aliphatic rings. The topological polar surface area (TPSA) is 98.5 Å². The number of nitrogens with zero attached hydrogens (tertiary/aromatic N) is 4. The third-order valence-electron chi connectivity index (χ3n) is 4.41. The molecule has 0 bridgehead atoms. The molecule has 0 fully saturated rings. The summed E-state index contributed by atoms with van der Waals surface area (Å²) in [4.78, 5) is 7.99. The molecule has 0 radical (unpaired) electrons. The lowest BCUT2D eigenvalue weighted by atomic mass is 9.76. The lowest BCUT2D eigenvalue weighted by Crippen LogP contribution is -2.36. The fourth-order valence-corrected chi connectivity index (χ4v) is 2.89. The summed E-state index contributed by atoms with van der Waals surface area (Å²) in [6.45, 7) is 1.69. The number of rotatable bonds is 5. The highest BCUT2D eigenvalue weighted by Crippen LogP contribution is 2.40. The van der Waals surface area contributed by atoms with E-state index >= 15 is 0 Å². The normalized spacial score (nSPS) is 14.4. The van der Waals surface area contributed by atoms with Gasteiger partial charge >= 0.3 is 0 Å². The minimum atomic E-state index is -1.75. The van der Waals surface area contributed by atoms with Gasteiger partial charge in [0.25, 0.3) is 0 Å². The van der Waals surface area contributed by atoms with E-state index in [1.807, 2.05) is 6.07 Å². The monoisotopic (exact) mass is 355 g/mol. The Bertz CT molecular complexity index is 937. The summed E-state index contributed by atoms with van der Waals surface area (Å²) in [5.74, 6) is -1.96. The van der Waals surface area contributed by atoms with Crippen molar-refractivity contribution < 1.29 is 13.9 Å². The van der Waals surface area contributed by atoms with Gasteiger partial charge in [0.1, 0.15) is 35.3 Å². The first-order valence-corrected chi connectivity index (χ1v) is 7.82. The van der Waals surface area contributed by atoms with Crippen molar-refractivity contribution >= 4 is 0 Å². The van der Waals surface area contributed by atoms with Gasteiger partial charge in [-0.05, 0) is 17.7 Å². The fraction of sp³-hybridized carbons (Fsp3) is 0.222. The van der Waals surface area contributed by atoms with E-state index in [1.54, 1.807) is 13.0 Å². The molecule has 0 aliphatic carbocycles. The number of pyridine rings is 1. The van der Waals surface area contributed by atoms with Crippen molar-refractivity contribution in [3.05, 3.63) is 77.1 Å². The molecule has 0 spiro atoms. The molecule has 2 unspecified atom stereocenters. The number of hydrogen-bond acceptors (Lipinski definition) is 5. The van der Waals surface area contributed by atoms with Crippen LogP contribution in [0.2, 0.25) is 0 Å². The summed E-state index contributed by atoms with van der Waals surface area (Å²) >= 11 is 0. The van der Waals surface area contributed by atoms with Gasteiger partial charge in [-0.1, -0.05) is 19.1 Å². The minimum Gasteiger partial charge on any atom is -0.384 e. The zero-order valence-electron chi connectivity index (χ0n) is 13.8. The summed E-state index contributed by atoms with van der Waals surface area (Å²) in [6, 6.07) is 8.10. The summed E-state index contributed by atoms with van der Waals surface area (Å²) in [7, 11) is 0. The van der Waals surface area contributed by atoms with Crippen LogP contribution in [0.15, 0.2) is 42.9 Å². The van der Waals surface area contributed by atoms with Gasteiger partial charge in [0.15, 0.2) is 5.82 Å². The van der Waals surface area contributed by atoms with Gasteiger partial charge in [-0.3, -0.25) is 5.10 Å². The van der Waals surface area contributed by atoms with Gasteiger partial charge in [-0.15, -0.1) is 0 Å². The number of halogens is 2. The lowest BCUT2D eigenvalue weighted by molar-refractivity contribution is 0.00732. The van der Waals surface area contributed by atoms with Crippen LogP contribution in [0.25, 0.3) is 0 Å². The van der Waals surface area contributed by atoms with Crippen molar-refractivity contribution in [3.8, 4) is 6.07 Å². The fourth-order valence-electron chi connectivity index (χ4n) is 2.89.